The molecule has 25 heavy (non-hydrogen) atoms. The Labute approximate surface area is 145 Å². The summed E-state index contributed by atoms with van der Waals surface area (Å²) >= 11 is 2.91. The second-order valence-corrected chi connectivity index (χ2v) is 6.54. The molecular weight excluding hydrogens is 420 g/mol. The number of alkyl halides is 6. The lowest BCUT2D eigenvalue weighted by molar-refractivity contribution is -0.153. The molecule has 0 atom stereocenters. The molecule has 1 saturated carbocycles. The first-order chi connectivity index (χ1) is 11.5. The minimum absolute atomic E-state index is 0.00357. The largest absolute Gasteiger partial charge is 0.504 e. The fraction of sp³-hybridized carbons (Fsp3) is 0.333. The summed E-state index contributed by atoms with van der Waals surface area (Å²) in [5, 5.41) is 12.6. The van der Waals surface area contributed by atoms with Crippen LogP contribution in [0.15, 0.2) is 27.1 Å². The van der Waals surface area contributed by atoms with Crippen molar-refractivity contribution in [1.29, 1.82) is 0 Å². The van der Waals surface area contributed by atoms with Crippen LogP contribution < -0.4 is 5.32 Å². The van der Waals surface area contributed by atoms with Crippen LogP contribution in [-0.2, 0) is 12.4 Å². The molecule has 2 N–H and O–H groups in total. The molecule has 0 unspecified atom stereocenters. The maximum atomic E-state index is 13.0. The van der Waals surface area contributed by atoms with Crippen LogP contribution in [0, 0.1) is 0 Å². The molecule has 1 aliphatic rings. The second kappa shape index (κ2) is 5.86. The molecule has 0 saturated heterocycles. The van der Waals surface area contributed by atoms with Crippen molar-refractivity contribution in [3.8, 4) is 16.9 Å². The normalized spacial score (nSPS) is 15.5. The summed E-state index contributed by atoms with van der Waals surface area (Å²) in [5.74, 6) is -3.31. The molecule has 2 aromatic rings. The first-order valence-electron chi connectivity index (χ1n) is 7.04. The van der Waals surface area contributed by atoms with Gasteiger partial charge in [0.25, 0.3) is 5.76 Å². The predicted molar refractivity (Wildman–Crippen MR) is 80.2 cm³/mol. The maximum absolute atomic E-state index is 13.0. The SMILES string of the molecule is Oc1c(C(F)(F)F)oc(NC2CC2)c1-c1cc(Br)cc(C(F)(F)F)c1. The zero-order valence-electron chi connectivity index (χ0n) is 12.2. The molecule has 1 heterocycles. The van der Waals surface area contributed by atoms with E-state index < -0.39 is 40.9 Å². The smallest absolute Gasteiger partial charge is 0.453 e. The Morgan fingerprint density at radius 2 is 1.68 bits per heavy atom. The van der Waals surface area contributed by atoms with Crippen molar-refractivity contribution in [3.05, 3.63) is 34.0 Å². The summed E-state index contributed by atoms with van der Waals surface area (Å²) in [5.41, 5.74) is -1.77. The number of furan rings is 1. The maximum Gasteiger partial charge on any atom is 0.453 e. The molecule has 0 aliphatic heterocycles. The van der Waals surface area contributed by atoms with Crippen LogP contribution >= 0.6 is 15.9 Å². The molecule has 1 aliphatic carbocycles. The fourth-order valence-electron chi connectivity index (χ4n) is 2.29. The molecule has 3 rings (SSSR count). The van der Waals surface area contributed by atoms with Crippen molar-refractivity contribution in [1.82, 2.24) is 0 Å². The topological polar surface area (TPSA) is 45.4 Å². The van der Waals surface area contributed by atoms with Gasteiger partial charge in [-0.2, -0.15) is 26.3 Å². The van der Waals surface area contributed by atoms with Crippen LogP contribution in [0.3, 0.4) is 0 Å². The monoisotopic (exact) mass is 429 g/mol. The number of hydrogen-bond acceptors (Lipinski definition) is 3. The minimum Gasteiger partial charge on any atom is -0.504 e. The molecule has 0 amide bonds. The molecule has 10 heteroatoms. The quantitative estimate of drug-likeness (QED) is 0.585. The van der Waals surface area contributed by atoms with E-state index >= 15 is 0 Å². The van der Waals surface area contributed by atoms with Gasteiger partial charge in [-0.3, -0.25) is 0 Å². The van der Waals surface area contributed by atoms with E-state index in [-0.39, 0.29) is 16.1 Å². The van der Waals surface area contributed by atoms with E-state index in [4.69, 9.17) is 4.42 Å². The molecule has 3 nitrogen and oxygen atoms in total. The Bertz CT molecular complexity index is 808. The summed E-state index contributed by atoms with van der Waals surface area (Å²) in [6.07, 6.45) is -8.31. The number of halogens is 7. The molecule has 0 radical (unpaired) electrons. The van der Waals surface area contributed by atoms with Gasteiger partial charge in [-0.1, -0.05) is 15.9 Å². The molecule has 136 valence electrons. The highest BCUT2D eigenvalue weighted by molar-refractivity contribution is 9.10. The lowest BCUT2D eigenvalue weighted by Crippen LogP contribution is -2.05. The summed E-state index contributed by atoms with van der Waals surface area (Å²) < 4.78 is 82.6. The molecule has 1 aromatic carbocycles. The molecular formula is C15H10BrF6NO2. The van der Waals surface area contributed by atoms with E-state index in [1.165, 1.54) is 6.07 Å². The number of nitrogens with one attached hydrogen (secondary N) is 1. The van der Waals surface area contributed by atoms with Crippen LogP contribution in [0.5, 0.6) is 5.75 Å². The van der Waals surface area contributed by atoms with E-state index in [9.17, 15) is 31.4 Å². The van der Waals surface area contributed by atoms with Crippen LogP contribution in [0.25, 0.3) is 11.1 Å². The molecule has 1 aromatic heterocycles. The Morgan fingerprint density at radius 1 is 1.04 bits per heavy atom. The van der Waals surface area contributed by atoms with Gasteiger partial charge in [-0.25, -0.2) is 0 Å². The van der Waals surface area contributed by atoms with Crippen LogP contribution in [-0.4, -0.2) is 11.1 Å². The molecule has 0 spiro atoms. The average molecular weight is 430 g/mol. The van der Waals surface area contributed by atoms with Crippen LogP contribution in [0.1, 0.15) is 24.2 Å². The van der Waals surface area contributed by atoms with Crippen molar-refractivity contribution in [3.63, 3.8) is 0 Å². The first kappa shape index (κ1) is 18.0. The van der Waals surface area contributed by atoms with E-state index in [0.29, 0.717) is 18.9 Å². The summed E-state index contributed by atoms with van der Waals surface area (Å²) in [7, 11) is 0. The van der Waals surface area contributed by atoms with Gasteiger partial charge in [-0.05, 0) is 36.6 Å². The molecule has 1 fully saturated rings. The average Bonchev–Trinajstić information content (AvgIpc) is 3.19. The Balaban J connectivity index is 2.18. The lowest BCUT2D eigenvalue weighted by atomic mass is 10.0. The first-order valence-corrected chi connectivity index (χ1v) is 7.83. The summed E-state index contributed by atoms with van der Waals surface area (Å²) in [6.45, 7) is 0. The van der Waals surface area contributed by atoms with Crippen molar-refractivity contribution in [2.45, 2.75) is 31.2 Å². The number of rotatable bonds is 3. The van der Waals surface area contributed by atoms with Gasteiger partial charge in [0, 0.05) is 10.5 Å². The second-order valence-electron chi connectivity index (χ2n) is 5.63. The van der Waals surface area contributed by atoms with Crippen molar-refractivity contribution in [2.75, 3.05) is 5.32 Å². The van der Waals surface area contributed by atoms with Gasteiger partial charge in [-0.15, -0.1) is 0 Å². The number of hydrogen-bond donors (Lipinski definition) is 2. The zero-order chi connectivity index (χ0) is 18.6. The fourth-order valence-corrected chi connectivity index (χ4v) is 2.79. The minimum atomic E-state index is -4.98. The van der Waals surface area contributed by atoms with Crippen LogP contribution in [0.2, 0.25) is 0 Å². The van der Waals surface area contributed by atoms with Crippen LogP contribution in [0.4, 0.5) is 32.2 Å². The van der Waals surface area contributed by atoms with Gasteiger partial charge >= 0.3 is 12.4 Å². The number of anilines is 1. The van der Waals surface area contributed by atoms with Crippen molar-refractivity contribution >= 4 is 21.8 Å². The predicted octanol–water partition coefficient (Wildman–Crippen LogP) is 6.03. The third-order valence-electron chi connectivity index (χ3n) is 3.57. The van der Waals surface area contributed by atoms with Gasteiger partial charge in [0.1, 0.15) is 0 Å². The van der Waals surface area contributed by atoms with E-state index in [1.54, 1.807) is 0 Å². The van der Waals surface area contributed by atoms with Gasteiger partial charge in [0.15, 0.2) is 5.75 Å². The number of aromatic hydroxyl groups is 1. The highest BCUT2D eigenvalue weighted by Crippen LogP contribution is 2.50. The van der Waals surface area contributed by atoms with Gasteiger partial charge in [0.05, 0.1) is 11.1 Å². The number of benzene rings is 1. The molecule has 0 bridgehead atoms. The van der Waals surface area contributed by atoms with E-state index in [1.807, 2.05) is 0 Å². The zero-order valence-corrected chi connectivity index (χ0v) is 13.8. The van der Waals surface area contributed by atoms with Gasteiger partial charge in [0.2, 0.25) is 5.88 Å². The summed E-state index contributed by atoms with van der Waals surface area (Å²) in [6, 6.07) is 2.49. The highest BCUT2D eigenvalue weighted by atomic mass is 79.9. The van der Waals surface area contributed by atoms with Crippen molar-refractivity contribution < 1.29 is 35.9 Å². The highest BCUT2D eigenvalue weighted by Gasteiger charge is 2.42. The lowest BCUT2D eigenvalue weighted by Gasteiger charge is -2.11. The Kier molecular flexibility index (Phi) is 4.21. The van der Waals surface area contributed by atoms with E-state index in [0.717, 1.165) is 6.07 Å². The third kappa shape index (κ3) is 3.73. The Morgan fingerprint density at radius 3 is 2.20 bits per heavy atom. The van der Waals surface area contributed by atoms with E-state index in [2.05, 4.69) is 21.2 Å². The van der Waals surface area contributed by atoms with Crippen molar-refractivity contribution in [2.24, 2.45) is 0 Å². The van der Waals surface area contributed by atoms with Gasteiger partial charge < -0.3 is 14.8 Å². The third-order valence-corrected chi connectivity index (χ3v) is 4.02. The Hall–Kier alpha value is -1.84. The summed E-state index contributed by atoms with van der Waals surface area (Å²) in [4.78, 5) is 0. The standard InChI is InChI=1S/C15H10BrF6NO2/c16-8-4-6(3-7(5-8)14(17,18)19)10-11(24)12(15(20,21)22)25-13(10)23-9-1-2-9/h3-5,9,23-24H,1-2H2.